The monoisotopic (exact) mass is 405 g/mol. The highest BCUT2D eigenvalue weighted by Gasteiger charge is 2.35. The van der Waals surface area contributed by atoms with Crippen molar-refractivity contribution in [1.29, 1.82) is 0 Å². The van der Waals surface area contributed by atoms with E-state index >= 15 is 0 Å². The van der Waals surface area contributed by atoms with E-state index in [1.165, 1.54) is 11.3 Å². The molecular formula is C22H19N3O3S. The third kappa shape index (κ3) is 3.77. The first kappa shape index (κ1) is 18.9. The molecule has 146 valence electrons. The summed E-state index contributed by atoms with van der Waals surface area (Å²) in [5.41, 5.74) is 8.23. The molecule has 0 saturated heterocycles. The summed E-state index contributed by atoms with van der Waals surface area (Å²) >= 11 is 1.23. The zero-order chi connectivity index (χ0) is 20.4. The first-order valence-corrected chi connectivity index (χ1v) is 10.0. The third-order valence-electron chi connectivity index (χ3n) is 5.00. The average Bonchev–Trinajstić information content (AvgIpc) is 3.21. The van der Waals surface area contributed by atoms with Gasteiger partial charge in [-0.05, 0) is 34.7 Å². The number of carbonyl (C=O) groups is 3. The van der Waals surface area contributed by atoms with Gasteiger partial charge in [-0.1, -0.05) is 42.5 Å². The van der Waals surface area contributed by atoms with Crippen LogP contribution in [-0.4, -0.2) is 28.7 Å². The molecule has 6 nitrogen and oxygen atoms in total. The van der Waals surface area contributed by atoms with Crippen LogP contribution in [0.3, 0.4) is 0 Å². The number of nitrogens with one attached hydrogen (secondary N) is 1. The number of hydrogen-bond acceptors (Lipinski definition) is 4. The molecule has 4 rings (SSSR count). The molecule has 0 saturated carbocycles. The molecule has 0 unspecified atom stereocenters. The van der Waals surface area contributed by atoms with Crippen molar-refractivity contribution in [3.63, 3.8) is 0 Å². The molecule has 1 aliphatic rings. The van der Waals surface area contributed by atoms with Gasteiger partial charge in [0.05, 0.1) is 5.56 Å². The minimum Gasteiger partial charge on any atom is -0.366 e. The van der Waals surface area contributed by atoms with Crippen molar-refractivity contribution < 1.29 is 14.4 Å². The van der Waals surface area contributed by atoms with Crippen molar-refractivity contribution in [3.05, 3.63) is 88.3 Å². The van der Waals surface area contributed by atoms with E-state index < -0.39 is 11.9 Å². The number of nitrogens with two attached hydrogens (primary N) is 1. The van der Waals surface area contributed by atoms with E-state index in [2.05, 4.69) is 5.32 Å². The van der Waals surface area contributed by atoms with Gasteiger partial charge in [-0.3, -0.25) is 14.4 Å². The molecule has 0 aliphatic carbocycles. The number of carbonyl (C=O) groups excluding carboxylic acids is 3. The van der Waals surface area contributed by atoms with Crippen molar-refractivity contribution in [2.45, 2.75) is 19.0 Å². The Bertz CT molecular complexity index is 1080. The summed E-state index contributed by atoms with van der Waals surface area (Å²) in [6.07, 6.45) is 0.401. The predicted molar refractivity (Wildman–Crippen MR) is 112 cm³/mol. The topological polar surface area (TPSA) is 92.5 Å². The quantitative estimate of drug-likeness (QED) is 0.699. The Hall–Kier alpha value is -3.45. The van der Waals surface area contributed by atoms with Crippen LogP contribution in [0, 0.1) is 0 Å². The highest BCUT2D eigenvalue weighted by Crippen LogP contribution is 2.28. The fourth-order valence-corrected chi connectivity index (χ4v) is 4.31. The maximum absolute atomic E-state index is 13.2. The molecule has 7 heteroatoms. The van der Waals surface area contributed by atoms with E-state index in [9.17, 15) is 14.4 Å². The number of benzene rings is 2. The van der Waals surface area contributed by atoms with Gasteiger partial charge >= 0.3 is 0 Å². The van der Waals surface area contributed by atoms with Crippen LogP contribution in [0.1, 0.15) is 31.8 Å². The van der Waals surface area contributed by atoms with Gasteiger partial charge in [-0.15, -0.1) is 11.3 Å². The summed E-state index contributed by atoms with van der Waals surface area (Å²) in [6.45, 7) is 0.342. The van der Waals surface area contributed by atoms with Crippen molar-refractivity contribution in [3.8, 4) is 0 Å². The summed E-state index contributed by atoms with van der Waals surface area (Å²) in [5, 5.41) is 4.88. The molecule has 1 aliphatic heterocycles. The average molecular weight is 405 g/mol. The molecule has 1 aromatic heterocycles. The van der Waals surface area contributed by atoms with Gasteiger partial charge in [0.1, 0.15) is 11.0 Å². The maximum atomic E-state index is 13.2. The molecule has 1 atom stereocenters. The van der Waals surface area contributed by atoms with Crippen molar-refractivity contribution in [1.82, 2.24) is 4.90 Å². The van der Waals surface area contributed by atoms with Crippen LogP contribution in [0.25, 0.3) is 0 Å². The van der Waals surface area contributed by atoms with Gasteiger partial charge in [0.15, 0.2) is 0 Å². The fraction of sp³-hybridized carbons (Fsp3) is 0.136. The minimum atomic E-state index is -0.694. The smallest absolute Gasteiger partial charge is 0.254 e. The number of rotatable bonds is 4. The lowest BCUT2D eigenvalue weighted by Crippen LogP contribution is -2.50. The van der Waals surface area contributed by atoms with Gasteiger partial charge in [0.2, 0.25) is 5.91 Å². The molecule has 3 aromatic rings. The lowest BCUT2D eigenvalue weighted by Gasteiger charge is -2.36. The van der Waals surface area contributed by atoms with E-state index in [1.54, 1.807) is 40.6 Å². The van der Waals surface area contributed by atoms with Crippen LogP contribution in [0.4, 0.5) is 5.00 Å². The predicted octanol–water partition coefficient (Wildman–Crippen LogP) is 3.05. The molecule has 0 bridgehead atoms. The number of amides is 3. The van der Waals surface area contributed by atoms with E-state index in [0.717, 1.165) is 11.1 Å². The normalized spacial score (nSPS) is 15.4. The summed E-state index contributed by atoms with van der Waals surface area (Å²) in [4.78, 5) is 39.5. The summed E-state index contributed by atoms with van der Waals surface area (Å²) in [6, 6.07) is 17.6. The summed E-state index contributed by atoms with van der Waals surface area (Å²) < 4.78 is 0. The van der Waals surface area contributed by atoms with Gasteiger partial charge in [0.25, 0.3) is 11.8 Å². The second kappa shape index (κ2) is 7.89. The summed E-state index contributed by atoms with van der Waals surface area (Å²) in [5.74, 6) is -1.15. The Morgan fingerprint density at radius 3 is 2.38 bits per heavy atom. The molecule has 0 radical (unpaired) electrons. The van der Waals surface area contributed by atoms with Gasteiger partial charge in [-0.2, -0.15) is 0 Å². The van der Waals surface area contributed by atoms with Crippen LogP contribution < -0.4 is 11.1 Å². The van der Waals surface area contributed by atoms with E-state index in [4.69, 9.17) is 5.73 Å². The fourth-order valence-electron chi connectivity index (χ4n) is 3.51. The van der Waals surface area contributed by atoms with Crippen molar-refractivity contribution in [2.24, 2.45) is 5.73 Å². The Morgan fingerprint density at radius 1 is 0.966 bits per heavy atom. The number of primary amides is 1. The first-order chi connectivity index (χ1) is 14.0. The molecule has 2 heterocycles. The SMILES string of the molecule is NC(=O)c1ccsc1NC(=O)[C@H]1Cc2ccccc2CN1C(=O)c1ccccc1. The Balaban J connectivity index is 1.66. The van der Waals surface area contributed by atoms with Crippen LogP contribution in [-0.2, 0) is 17.8 Å². The molecule has 0 fully saturated rings. The largest absolute Gasteiger partial charge is 0.366 e. The van der Waals surface area contributed by atoms with Crippen LogP contribution in [0.15, 0.2) is 66.0 Å². The molecule has 29 heavy (non-hydrogen) atoms. The second-order valence-electron chi connectivity index (χ2n) is 6.80. The van der Waals surface area contributed by atoms with Crippen molar-refractivity contribution >= 4 is 34.1 Å². The standard InChI is InChI=1S/C22H19N3O3S/c23-19(26)17-10-11-29-21(17)24-20(27)18-12-15-8-4-5-9-16(15)13-25(18)22(28)14-6-2-1-3-7-14/h1-11,18H,12-13H2,(H2,23,26)(H,24,27)/t18-/m1/s1. The first-order valence-electron chi connectivity index (χ1n) is 9.15. The zero-order valence-electron chi connectivity index (χ0n) is 15.5. The lowest BCUT2D eigenvalue weighted by atomic mass is 9.92. The maximum Gasteiger partial charge on any atom is 0.254 e. The highest BCUT2D eigenvalue weighted by atomic mass is 32.1. The van der Waals surface area contributed by atoms with Gasteiger partial charge in [-0.25, -0.2) is 0 Å². The lowest BCUT2D eigenvalue weighted by molar-refractivity contribution is -0.121. The highest BCUT2D eigenvalue weighted by molar-refractivity contribution is 7.14. The number of anilines is 1. The van der Waals surface area contributed by atoms with E-state index in [0.29, 0.717) is 23.5 Å². The van der Waals surface area contributed by atoms with Crippen molar-refractivity contribution in [2.75, 3.05) is 5.32 Å². The molecule has 2 aromatic carbocycles. The zero-order valence-corrected chi connectivity index (χ0v) is 16.3. The van der Waals surface area contributed by atoms with E-state index in [-0.39, 0.29) is 17.4 Å². The number of thiophene rings is 1. The second-order valence-corrected chi connectivity index (χ2v) is 7.72. The third-order valence-corrected chi connectivity index (χ3v) is 5.83. The van der Waals surface area contributed by atoms with Crippen LogP contribution >= 0.6 is 11.3 Å². The van der Waals surface area contributed by atoms with Crippen LogP contribution in [0.5, 0.6) is 0 Å². The Labute approximate surface area is 172 Å². The summed E-state index contributed by atoms with van der Waals surface area (Å²) in [7, 11) is 0. The molecule has 3 amide bonds. The molecule has 0 spiro atoms. The minimum absolute atomic E-state index is 0.207. The Morgan fingerprint density at radius 2 is 1.66 bits per heavy atom. The number of hydrogen-bond donors (Lipinski definition) is 2. The molecule has 3 N–H and O–H groups in total. The van der Waals surface area contributed by atoms with Gasteiger partial charge in [0, 0.05) is 18.5 Å². The van der Waals surface area contributed by atoms with Crippen LogP contribution in [0.2, 0.25) is 0 Å². The van der Waals surface area contributed by atoms with E-state index in [1.807, 2.05) is 30.3 Å². The Kier molecular flexibility index (Phi) is 5.14. The number of nitrogens with zero attached hydrogens (tertiary/aromatic N) is 1. The molecular weight excluding hydrogens is 386 g/mol. The number of fused-ring (bicyclic) bond motifs is 1. The van der Waals surface area contributed by atoms with Gasteiger partial charge < -0.3 is 16.0 Å².